The number of hydrogen-bond donors (Lipinski definition) is 0. The van der Waals surface area contributed by atoms with Crippen LogP contribution in [0, 0.1) is 5.92 Å². The molecule has 0 aromatic heterocycles. The molecule has 1 aromatic carbocycles. The molecule has 1 aliphatic rings. The monoisotopic (exact) mass is 359 g/mol. The van der Waals surface area contributed by atoms with E-state index in [0.29, 0.717) is 5.56 Å². The molecule has 1 saturated heterocycles. The fourth-order valence-corrected chi connectivity index (χ4v) is 6.17. The number of hydrogen-bond acceptors (Lipinski definition) is 5. The van der Waals surface area contributed by atoms with E-state index in [1.807, 2.05) is 13.8 Å². The first-order valence-corrected chi connectivity index (χ1v) is 10.5. The Labute approximate surface area is 137 Å². The molecule has 0 saturated carbocycles. The van der Waals surface area contributed by atoms with Crippen LogP contribution in [0.4, 0.5) is 0 Å². The van der Waals surface area contributed by atoms with Gasteiger partial charge in [-0.25, -0.2) is 16.8 Å². The lowest BCUT2D eigenvalue weighted by Gasteiger charge is -2.37. The average molecular weight is 359 g/mol. The highest BCUT2D eigenvalue weighted by Gasteiger charge is 2.43. The zero-order chi connectivity index (χ0) is 17.4. The maximum Gasteiger partial charge on any atom is 0.243 e. The molecule has 0 aliphatic carbocycles. The smallest absolute Gasteiger partial charge is 0.243 e. The fraction of sp³-hybridized carbons (Fsp3) is 0.533. The molecule has 1 heterocycles. The Morgan fingerprint density at radius 2 is 1.65 bits per heavy atom. The van der Waals surface area contributed by atoms with Crippen molar-refractivity contribution in [3.63, 3.8) is 0 Å². The minimum Gasteiger partial charge on any atom is -0.295 e. The minimum absolute atomic E-state index is 0.00809. The zero-order valence-electron chi connectivity index (χ0n) is 13.4. The Kier molecular flexibility index (Phi) is 4.98. The van der Waals surface area contributed by atoms with E-state index >= 15 is 0 Å². The first kappa shape index (κ1) is 18.1. The molecule has 23 heavy (non-hydrogen) atoms. The van der Waals surface area contributed by atoms with Crippen molar-refractivity contribution in [2.75, 3.05) is 18.8 Å². The average Bonchev–Trinajstić information content (AvgIpc) is 2.34. The molecule has 0 unspecified atom stereocenters. The Morgan fingerprint density at radius 1 is 1.13 bits per heavy atom. The summed E-state index contributed by atoms with van der Waals surface area (Å²) >= 11 is 0. The van der Waals surface area contributed by atoms with Crippen molar-refractivity contribution in [2.24, 2.45) is 5.92 Å². The lowest BCUT2D eigenvalue weighted by Crippen LogP contribution is -2.57. The van der Waals surface area contributed by atoms with Gasteiger partial charge >= 0.3 is 0 Å². The van der Waals surface area contributed by atoms with Gasteiger partial charge in [0.15, 0.2) is 15.6 Å². The first-order valence-electron chi connectivity index (χ1n) is 7.37. The van der Waals surface area contributed by atoms with E-state index in [-0.39, 0.29) is 35.4 Å². The number of sulfonamides is 1. The van der Waals surface area contributed by atoms with Crippen molar-refractivity contribution in [1.29, 1.82) is 0 Å². The van der Waals surface area contributed by atoms with Gasteiger partial charge in [-0.2, -0.15) is 4.31 Å². The Balaban J connectivity index is 2.10. The van der Waals surface area contributed by atoms with Crippen molar-refractivity contribution in [2.45, 2.75) is 30.9 Å². The second-order valence-corrected chi connectivity index (χ2v) is 10.5. The SMILES string of the molecule is CC(=O)c1ccc(S(=O)(=O)N2CC(S(=O)(=O)CC(C)C)C2)cc1. The van der Waals surface area contributed by atoms with Crippen LogP contribution >= 0.6 is 0 Å². The van der Waals surface area contributed by atoms with Gasteiger partial charge in [-0.1, -0.05) is 26.0 Å². The molecule has 0 bridgehead atoms. The second kappa shape index (κ2) is 6.33. The number of nitrogens with zero attached hydrogens (tertiary/aromatic N) is 1. The molecule has 6 nitrogen and oxygen atoms in total. The number of sulfone groups is 1. The molecular formula is C15H21NO5S2. The summed E-state index contributed by atoms with van der Waals surface area (Å²) in [7, 11) is -6.98. The van der Waals surface area contributed by atoms with E-state index in [4.69, 9.17) is 0 Å². The van der Waals surface area contributed by atoms with Crippen LogP contribution in [-0.2, 0) is 19.9 Å². The summed E-state index contributed by atoms with van der Waals surface area (Å²) in [6.45, 7) is 5.03. The van der Waals surface area contributed by atoms with Crippen LogP contribution < -0.4 is 0 Å². The fourth-order valence-electron chi connectivity index (χ4n) is 2.44. The molecule has 128 valence electrons. The number of benzene rings is 1. The third kappa shape index (κ3) is 3.81. The molecule has 1 aliphatic heterocycles. The summed E-state index contributed by atoms with van der Waals surface area (Å²) < 4.78 is 50.2. The van der Waals surface area contributed by atoms with Crippen molar-refractivity contribution >= 4 is 25.6 Å². The van der Waals surface area contributed by atoms with Gasteiger partial charge in [0, 0.05) is 18.7 Å². The van der Waals surface area contributed by atoms with Crippen LogP contribution in [0.25, 0.3) is 0 Å². The number of Topliss-reactive ketones (excluding diaryl/α,β-unsaturated/α-hetero) is 1. The number of rotatable bonds is 6. The van der Waals surface area contributed by atoms with Gasteiger partial charge in [0.2, 0.25) is 10.0 Å². The highest BCUT2D eigenvalue weighted by Crippen LogP contribution is 2.26. The van der Waals surface area contributed by atoms with Gasteiger partial charge in [-0.05, 0) is 25.0 Å². The minimum atomic E-state index is -3.71. The summed E-state index contributed by atoms with van der Waals surface area (Å²) in [6.07, 6.45) is 0. The highest BCUT2D eigenvalue weighted by atomic mass is 32.2. The van der Waals surface area contributed by atoms with E-state index in [2.05, 4.69) is 0 Å². The van der Waals surface area contributed by atoms with Gasteiger partial charge in [-0.15, -0.1) is 0 Å². The van der Waals surface area contributed by atoms with Crippen LogP contribution in [0.2, 0.25) is 0 Å². The summed E-state index contributed by atoms with van der Waals surface area (Å²) in [5.74, 6) is -0.0543. The topological polar surface area (TPSA) is 88.6 Å². The number of ketones is 1. The van der Waals surface area contributed by atoms with Crippen LogP contribution in [-0.4, -0.2) is 51.0 Å². The first-order chi connectivity index (χ1) is 10.5. The summed E-state index contributed by atoms with van der Waals surface area (Å²) in [6, 6.07) is 5.67. The van der Waals surface area contributed by atoms with Crippen LogP contribution in [0.1, 0.15) is 31.1 Å². The molecule has 0 atom stereocenters. The predicted octanol–water partition coefficient (Wildman–Crippen LogP) is 1.33. The van der Waals surface area contributed by atoms with Gasteiger partial charge in [0.25, 0.3) is 0 Å². The molecule has 8 heteroatoms. The highest BCUT2D eigenvalue weighted by molar-refractivity contribution is 7.92. The Hall–Kier alpha value is -1.25. The standard InChI is InChI=1S/C15H21NO5S2/c1-11(2)10-22(18,19)15-8-16(9-15)23(20,21)14-6-4-13(5-7-14)12(3)17/h4-7,11,15H,8-10H2,1-3H3. The van der Waals surface area contributed by atoms with E-state index in [1.54, 1.807) is 0 Å². The maximum absolute atomic E-state index is 12.4. The lowest BCUT2D eigenvalue weighted by molar-refractivity contribution is 0.101. The summed E-state index contributed by atoms with van der Waals surface area (Å²) in [5.41, 5.74) is 0.435. The van der Waals surface area contributed by atoms with E-state index in [9.17, 15) is 21.6 Å². The van der Waals surface area contributed by atoms with Crippen molar-refractivity contribution in [3.05, 3.63) is 29.8 Å². The second-order valence-electron chi connectivity index (χ2n) is 6.25. The van der Waals surface area contributed by atoms with E-state index in [0.717, 1.165) is 4.31 Å². The Bertz CT molecular complexity index is 789. The van der Waals surface area contributed by atoms with E-state index in [1.165, 1.54) is 31.2 Å². The van der Waals surface area contributed by atoms with Crippen LogP contribution in [0.3, 0.4) is 0 Å². The normalized spacial score (nSPS) is 17.2. The van der Waals surface area contributed by atoms with Crippen LogP contribution in [0.5, 0.6) is 0 Å². The largest absolute Gasteiger partial charge is 0.295 e. The summed E-state index contributed by atoms with van der Waals surface area (Å²) in [5, 5.41) is -0.629. The lowest BCUT2D eigenvalue weighted by atomic mass is 10.2. The Morgan fingerprint density at radius 3 is 2.09 bits per heavy atom. The van der Waals surface area contributed by atoms with Gasteiger partial charge in [-0.3, -0.25) is 4.79 Å². The predicted molar refractivity (Wildman–Crippen MR) is 87.6 cm³/mol. The van der Waals surface area contributed by atoms with E-state index < -0.39 is 25.1 Å². The summed E-state index contributed by atoms with van der Waals surface area (Å²) in [4.78, 5) is 11.3. The molecule has 0 amide bonds. The third-order valence-electron chi connectivity index (χ3n) is 3.79. The molecule has 0 spiro atoms. The number of carbonyl (C=O) groups excluding carboxylic acids is 1. The number of carbonyl (C=O) groups is 1. The zero-order valence-corrected chi connectivity index (χ0v) is 15.0. The van der Waals surface area contributed by atoms with Gasteiger partial charge in [0.1, 0.15) is 0 Å². The molecule has 0 radical (unpaired) electrons. The molecule has 1 fully saturated rings. The quantitative estimate of drug-likeness (QED) is 0.715. The maximum atomic E-state index is 12.4. The molecule has 2 rings (SSSR count). The third-order valence-corrected chi connectivity index (χ3v) is 8.08. The van der Waals surface area contributed by atoms with Crippen molar-refractivity contribution < 1.29 is 21.6 Å². The molecule has 1 aromatic rings. The van der Waals surface area contributed by atoms with Crippen molar-refractivity contribution in [3.8, 4) is 0 Å². The molecular weight excluding hydrogens is 338 g/mol. The van der Waals surface area contributed by atoms with Gasteiger partial charge < -0.3 is 0 Å². The van der Waals surface area contributed by atoms with Gasteiger partial charge in [0.05, 0.1) is 15.9 Å². The van der Waals surface area contributed by atoms with Crippen molar-refractivity contribution in [1.82, 2.24) is 4.31 Å². The molecule has 0 N–H and O–H groups in total. The van der Waals surface area contributed by atoms with Crippen LogP contribution in [0.15, 0.2) is 29.2 Å².